The number of carbonyl (C=O) groups excluding carboxylic acids is 2. The van der Waals surface area contributed by atoms with Crippen LogP contribution in [0.4, 0.5) is 0 Å². The molecule has 0 saturated carbocycles. The van der Waals surface area contributed by atoms with Crippen molar-refractivity contribution in [1.82, 2.24) is 0 Å². The van der Waals surface area contributed by atoms with Crippen molar-refractivity contribution in [1.29, 1.82) is 0 Å². The maximum Gasteiger partial charge on any atom is 0.341 e. The first-order valence-corrected chi connectivity index (χ1v) is 8.46. The molecule has 0 saturated heterocycles. The van der Waals surface area contributed by atoms with Gasteiger partial charge in [0.15, 0.2) is 6.10 Å². The van der Waals surface area contributed by atoms with Gasteiger partial charge in [-0.2, -0.15) is 0 Å². The van der Waals surface area contributed by atoms with Crippen molar-refractivity contribution >= 4 is 46.6 Å². The highest BCUT2D eigenvalue weighted by atomic mass is 35.5. The van der Waals surface area contributed by atoms with Gasteiger partial charge in [-0.1, -0.05) is 66.0 Å². The van der Waals surface area contributed by atoms with Crippen molar-refractivity contribution in [2.45, 2.75) is 26.4 Å². The van der Waals surface area contributed by atoms with E-state index in [1.165, 1.54) is 19.1 Å². The minimum Gasteiger partial charge on any atom is -0.451 e. The van der Waals surface area contributed by atoms with E-state index in [4.69, 9.17) is 39.5 Å². The summed E-state index contributed by atoms with van der Waals surface area (Å²) < 4.78 is 5.21. The lowest BCUT2D eigenvalue weighted by Gasteiger charge is -2.14. The first-order chi connectivity index (χ1) is 11.3. The third-order valence-electron chi connectivity index (χ3n) is 3.55. The average molecular weight is 386 g/mol. The Kier molecular flexibility index (Phi) is 6.27. The lowest BCUT2D eigenvalue weighted by Crippen LogP contribution is -2.24. The summed E-state index contributed by atoms with van der Waals surface area (Å²) in [6, 6.07) is 10.1. The van der Waals surface area contributed by atoms with E-state index in [0.29, 0.717) is 5.56 Å². The second-order valence-electron chi connectivity index (χ2n) is 5.18. The molecule has 3 nitrogen and oxygen atoms in total. The Bertz CT molecular complexity index is 770. The van der Waals surface area contributed by atoms with Gasteiger partial charge >= 0.3 is 5.97 Å². The number of rotatable bonds is 5. The average Bonchev–Trinajstić information content (AvgIpc) is 2.58. The van der Waals surface area contributed by atoms with Gasteiger partial charge in [-0.05, 0) is 31.0 Å². The standard InChI is InChI=1S/C18H15Cl3O3/c1-3-11-4-6-12(7-5-11)17(22)10(2)24-18(23)15-13(19)8-9-14(20)16(15)21/h4-10H,3H2,1-2H3/t10-/m1/s1. The molecule has 0 aromatic heterocycles. The predicted molar refractivity (Wildman–Crippen MR) is 96.5 cm³/mol. The van der Waals surface area contributed by atoms with Gasteiger partial charge in [0, 0.05) is 5.56 Å². The molecular weight excluding hydrogens is 371 g/mol. The zero-order valence-corrected chi connectivity index (χ0v) is 15.4. The number of benzene rings is 2. The summed E-state index contributed by atoms with van der Waals surface area (Å²) in [5.74, 6) is -1.10. The van der Waals surface area contributed by atoms with Crippen LogP contribution in [0.25, 0.3) is 0 Å². The van der Waals surface area contributed by atoms with E-state index >= 15 is 0 Å². The Labute approximate surface area is 155 Å². The number of aryl methyl sites for hydroxylation is 1. The second kappa shape index (κ2) is 8.02. The molecule has 0 unspecified atom stereocenters. The molecule has 0 amide bonds. The number of Topliss-reactive ketones (excluding diaryl/α,β-unsaturated/α-hetero) is 1. The topological polar surface area (TPSA) is 43.4 Å². The molecule has 126 valence electrons. The van der Waals surface area contributed by atoms with Crippen LogP contribution in [-0.4, -0.2) is 17.9 Å². The van der Waals surface area contributed by atoms with Crippen molar-refractivity contribution in [3.63, 3.8) is 0 Å². The number of esters is 1. The number of halogens is 3. The molecule has 0 aliphatic carbocycles. The maximum absolute atomic E-state index is 12.4. The van der Waals surface area contributed by atoms with Crippen molar-refractivity contribution < 1.29 is 14.3 Å². The molecule has 0 aliphatic heterocycles. The molecule has 0 fully saturated rings. The van der Waals surface area contributed by atoms with E-state index in [1.54, 1.807) is 12.1 Å². The van der Waals surface area contributed by atoms with Gasteiger partial charge in [-0.25, -0.2) is 4.79 Å². The highest BCUT2D eigenvalue weighted by Crippen LogP contribution is 2.32. The van der Waals surface area contributed by atoms with E-state index in [-0.39, 0.29) is 26.4 Å². The lowest BCUT2D eigenvalue weighted by molar-refractivity contribution is 0.0319. The Morgan fingerprint density at radius 3 is 2.17 bits per heavy atom. The smallest absolute Gasteiger partial charge is 0.341 e. The fourth-order valence-corrected chi connectivity index (χ4v) is 2.81. The highest BCUT2D eigenvalue weighted by molar-refractivity contribution is 6.46. The normalized spacial score (nSPS) is 11.9. The number of carbonyl (C=O) groups is 2. The predicted octanol–water partition coefficient (Wildman–Crippen LogP) is 5.64. The minimum atomic E-state index is -0.976. The van der Waals surface area contributed by atoms with Crippen LogP contribution in [0.3, 0.4) is 0 Å². The van der Waals surface area contributed by atoms with Crippen molar-refractivity contribution in [3.8, 4) is 0 Å². The molecule has 24 heavy (non-hydrogen) atoms. The molecule has 6 heteroatoms. The van der Waals surface area contributed by atoms with E-state index in [2.05, 4.69) is 0 Å². The summed E-state index contributed by atoms with van der Waals surface area (Å²) in [4.78, 5) is 24.7. The van der Waals surface area contributed by atoms with Crippen LogP contribution >= 0.6 is 34.8 Å². The van der Waals surface area contributed by atoms with Gasteiger partial charge in [0.1, 0.15) is 0 Å². The van der Waals surface area contributed by atoms with Gasteiger partial charge in [0.2, 0.25) is 5.78 Å². The quantitative estimate of drug-likeness (QED) is 0.380. The van der Waals surface area contributed by atoms with Crippen LogP contribution in [0.2, 0.25) is 15.1 Å². The van der Waals surface area contributed by atoms with E-state index in [0.717, 1.165) is 12.0 Å². The number of hydrogen-bond donors (Lipinski definition) is 0. The summed E-state index contributed by atoms with van der Waals surface area (Å²) in [6.07, 6.45) is -0.0961. The second-order valence-corrected chi connectivity index (χ2v) is 6.37. The molecule has 0 heterocycles. The first kappa shape index (κ1) is 18.8. The van der Waals surface area contributed by atoms with Crippen LogP contribution in [0.15, 0.2) is 36.4 Å². The molecule has 0 spiro atoms. The van der Waals surface area contributed by atoms with Crippen LogP contribution in [-0.2, 0) is 11.2 Å². The number of ether oxygens (including phenoxy) is 1. The highest BCUT2D eigenvalue weighted by Gasteiger charge is 2.24. The molecule has 0 bridgehead atoms. The molecular formula is C18H15Cl3O3. The molecule has 2 rings (SSSR count). The number of ketones is 1. The third-order valence-corrected chi connectivity index (χ3v) is 4.67. The van der Waals surface area contributed by atoms with Gasteiger partial charge in [0.05, 0.1) is 20.6 Å². The molecule has 1 atom stereocenters. The molecule has 0 radical (unpaired) electrons. The Morgan fingerprint density at radius 1 is 1.00 bits per heavy atom. The van der Waals surface area contributed by atoms with Crippen LogP contribution in [0.1, 0.15) is 40.1 Å². The largest absolute Gasteiger partial charge is 0.451 e. The lowest BCUT2D eigenvalue weighted by atomic mass is 10.0. The summed E-state index contributed by atoms with van der Waals surface area (Å²) >= 11 is 17.9. The van der Waals surface area contributed by atoms with Crippen LogP contribution in [0, 0.1) is 0 Å². The zero-order valence-electron chi connectivity index (χ0n) is 13.1. The van der Waals surface area contributed by atoms with Gasteiger partial charge in [0.25, 0.3) is 0 Å². The van der Waals surface area contributed by atoms with Crippen molar-refractivity contribution in [2.24, 2.45) is 0 Å². The first-order valence-electron chi connectivity index (χ1n) is 7.32. The van der Waals surface area contributed by atoms with E-state index in [9.17, 15) is 9.59 Å². The van der Waals surface area contributed by atoms with Gasteiger partial charge < -0.3 is 4.74 Å². The molecule has 0 N–H and O–H groups in total. The Hall–Kier alpha value is -1.55. The summed E-state index contributed by atoms with van der Waals surface area (Å²) in [5.41, 5.74) is 1.54. The fraction of sp³-hybridized carbons (Fsp3) is 0.222. The van der Waals surface area contributed by atoms with Crippen LogP contribution < -0.4 is 0 Å². The van der Waals surface area contributed by atoms with Crippen molar-refractivity contribution in [3.05, 3.63) is 68.2 Å². The SMILES string of the molecule is CCc1ccc(C(=O)[C@@H](C)OC(=O)c2c(Cl)ccc(Cl)c2Cl)cc1. The molecule has 2 aromatic carbocycles. The number of hydrogen-bond acceptors (Lipinski definition) is 3. The molecule has 0 aliphatic rings. The summed E-state index contributed by atoms with van der Waals surface area (Å²) in [7, 11) is 0. The monoisotopic (exact) mass is 384 g/mol. The molecule has 2 aromatic rings. The minimum absolute atomic E-state index is 0.00103. The van der Waals surface area contributed by atoms with E-state index in [1.807, 2.05) is 19.1 Å². The van der Waals surface area contributed by atoms with Gasteiger partial charge in [-0.15, -0.1) is 0 Å². The zero-order chi connectivity index (χ0) is 17.9. The van der Waals surface area contributed by atoms with Gasteiger partial charge in [-0.3, -0.25) is 4.79 Å². The Balaban J connectivity index is 2.16. The van der Waals surface area contributed by atoms with Crippen molar-refractivity contribution in [2.75, 3.05) is 0 Å². The van der Waals surface area contributed by atoms with Crippen LogP contribution in [0.5, 0.6) is 0 Å². The van der Waals surface area contributed by atoms with E-state index < -0.39 is 12.1 Å². The maximum atomic E-state index is 12.4. The summed E-state index contributed by atoms with van der Waals surface area (Å²) in [5, 5.41) is 0.296. The third kappa shape index (κ3) is 4.10. The summed E-state index contributed by atoms with van der Waals surface area (Å²) in [6.45, 7) is 3.53. The Morgan fingerprint density at radius 2 is 1.58 bits per heavy atom. The fourth-order valence-electron chi connectivity index (χ4n) is 2.13.